The topological polar surface area (TPSA) is 40.5 Å². The molecule has 0 amide bonds. The van der Waals surface area contributed by atoms with Gasteiger partial charge >= 0.3 is 5.97 Å². The Morgan fingerprint density at radius 2 is 2.19 bits per heavy atom. The van der Waals surface area contributed by atoms with Gasteiger partial charge < -0.3 is 5.11 Å². The van der Waals surface area contributed by atoms with Gasteiger partial charge in [0.15, 0.2) is 0 Å². The van der Waals surface area contributed by atoms with E-state index < -0.39 is 11.4 Å². The number of carbonyl (C=O) groups is 1. The number of hydrogen-bond acceptors (Lipinski definition) is 2. The number of rotatable bonds is 4. The van der Waals surface area contributed by atoms with Crippen molar-refractivity contribution in [1.82, 2.24) is 4.90 Å². The van der Waals surface area contributed by atoms with E-state index in [1.165, 1.54) is 12.8 Å². The predicted octanol–water partition coefficient (Wildman–Crippen LogP) is 2.36. The van der Waals surface area contributed by atoms with Gasteiger partial charge in [0.05, 0.1) is 5.41 Å². The molecule has 0 aromatic heterocycles. The molecule has 2 rings (SSSR count). The molecule has 3 nitrogen and oxygen atoms in total. The van der Waals surface area contributed by atoms with Crippen LogP contribution in [0.15, 0.2) is 0 Å². The second-order valence-electron chi connectivity index (χ2n) is 5.79. The first-order valence-corrected chi connectivity index (χ1v) is 6.55. The summed E-state index contributed by atoms with van der Waals surface area (Å²) in [6.45, 7) is 6.14. The minimum Gasteiger partial charge on any atom is -0.481 e. The van der Waals surface area contributed by atoms with Crippen LogP contribution in [0.2, 0.25) is 0 Å². The van der Waals surface area contributed by atoms with Gasteiger partial charge in [0.1, 0.15) is 0 Å². The van der Waals surface area contributed by atoms with E-state index in [4.69, 9.17) is 0 Å². The molecule has 1 atom stereocenters. The highest BCUT2D eigenvalue weighted by molar-refractivity contribution is 5.75. The lowest BCUT2D eigenvalue weighted by Crippen LogP contribution is -2.44. The standard InChI is InChI=1S/C13H23NO2/c1-3-4-13(12(15)16)5-6-14(9-13)11-7-10(2)8-11/h10-11H,3-9H2,1-2H3,(H,15,16). The van der Waals surface area contributed by atoms with Crippen LogP contribution in [0.25, 0.3) is 0 Å². The van der Waals surface area contributed by atoms with E-state index in [-0.39, 0.29) is 0 Å². The molecule has 1 aliphatic carbocycles. The summed E-state index contributed by atoms with van der Waals surface area (Å²) in [4.78, 5) is 13.8. The van der Waals surface area contributed by atoms with Gasteiger partial charge in [-0.05, 0) is 38.1 Å². The first-order valence-electron chi connectivity index (χ1n) is 6.55. The maximum Gasteiger partial charge on any atom is 0.310 e. The zero-order valence-electron chi connectivity index (χ0n) is 10.4. The van der Waals surface area contributed by atoms with Crippen molar-refractivity contribution in [3.63, 3.8) is 0 Å². The third-order valence-corrected chi connectivity index (χ3v) is 4.43. The molecule has 0 radical (unpaired) electrons. The van der Waals surface area contributed by atoms with Gasteiger partial charge in [-0.15, -0.1) is 0 Å². The summed E-state index contributed by atoms with van der Waals surface area (Å²) in [6, 6.07) is 0.674. The van der Waals surface area contributed by atoms with E-state index in [0.717, 1.165) is 38.3 Å². The van der Waals surface area contributed by atoms with E-state index in [1.807, 2.05) is 0 Å². The summed E-state index contributed by atoms with van der Waals surface area (Å²) < 4.78 is 0. The molecule has 1 saturated carbocycles. The molecule has 2 aliphatic rings. The number of nitrogens with zero attached hydrogens (tertiary/aromatic N) is 1. The lowest BCUT2D eigenvalue weighted by atomic mass is 9.80. The highest BCUT2D eigenvalue weighted by Crippen LogP contribution is 2.41. The maximum atomic E-state index is 11.4. The fourth-order valence-electron chi connectivity index (χ4n) is 3.34. The Morgan fingerprint density at radius 3 is 2.69 bits per heavy atom. The largest absolute Gasteiger partial charge is 0.481 e. The number of aliphatic carboxylic acids is 1. The minimum absolute atomic E-state index is 0.437. The Bertz CT molecular complexity index is 273. The van der Waals surface area contributed by atoms with Crippen molar-refractivity contribution in [2.45, 2.75) is 52.0 Å². The van der Waals surface area contributed by atoms with Crippen molar-refractivity contribution < 1.29 is 9.90 Å². The molecule has 2 fully saturated rings. The molecule has 1 N–H and O–H groups in total. The molecule has 0 spiro atoms. The fourth-order valence-corrected chi connectivity index (χ4v) is 3.34. The Balaban J connectivity index is 1.96. The molecular weight excluding hydrogens is 202 g/mol. The van der Waals surface area contributed by atoms with Gasteiger partial charge in [0.25, 0.3) is 0 Å². The van der Waals surface area contributed by atoms with Crippen LogP contribution in [0.5, 0.6) is 0 Å². The van der Waals surface area contributed by atoms with Crippen molar-refractivity contribution >= 4 is 5.97 Å². The maximum absolute atomic E-state index is 11.4. The molecule has 92 valence electrons. The van der Waals surface area contributed by atoms with Gasteiger partial charge in [-0.25, -0.2) is 0 Å². The lowest BCUT2D eigenvalue weighted by Gasteiger charge is -2.40. The molecule has 0 aromatic carbocycles. The molecule has 16 heavy (non-hydrogen) atoms. The van der Waals surface area contributed by atoms with Crippen molar-refractivity contribution in [1.29, 1.82) is 0 Å². The molecule has 1 unspecified atom stereocenters. The second-order valence-corrected chi connectivity index (χ2v) is 5.79. The summed E-state index contributed by atoms with van der Waals surface area (Å²) in [6.07, 6.45) is 5.19. The summed E-state index contributed by atoms with van der Waals surface area (Å²) >= 11 is 0. The van der Waals surface area contributed by atoms with Crippen molar-refractivity contribution in [3.05, 3.63) is 0 Å². The monoisotopic (exact) mass is 225 g/mol. The number of likely N-dealkylation sites (tertiary alicyclic amines) is 1. The smallest absolute Gasteiger partial charge is 0.310 e. The first kappa shape index (κ1) is 11.9. The van der Waals surface area contributed by atoms with Gasteiger partial charge in [-0.3, -0.25) is 9.69 Å². The number of carboxylic acids is 1. The van der Waals surface area contributed by atoms with Crippen LogP contribution in [-0.2, 0) is 4.79 Å². The molecule has 1 aliphatic heterocycles. The van der Waals surface area contributed by atoms with E-state index in [2.05, 4.69) is 18.7 Å². The summed E-state index contributed by atoms with van der Waals surface area (Å²) in [5, 5.41) is 9.41. The molecule has 1 saturated heterocycles. The quantitative estimate of drug-likeness (QED) is 0.798. The average Bonchev–Trinajstić information content (AvgIpc) is 2.59. The zero-order valence-corrected chi connectivity index (χ0v) is 10.4. The Hall–Kier alpha value is -0.570. The Kier molecular flexibility index (Phi) is 3.24. The van der Waals surface area contributed by atoms with Crippen LogP contribution in [0.4, 0.5) is 0 Å². The number of hydrogen-bond donors (Lipinski definition) is 1. The normalized spacial score (nSPS) is 39.6. The number of carboxylic acid groups (broad SMARTS) is 1. The van der Waals surface area contributed by atoms with Gasteiger partial charge in [0, 0.05) is 12.6 Å². The first-order chi connectivity index (χ1) is 7.57. The summed E-state index contributed by atoms with van der Waals surface area (Å²) in [5.74, 6) is 0.264. The highest BCUT2D eigenvalue weighted by atomic mass is 16.4. The molecule has 3 heteroatoms. The van der Waals surface area contributed by atoms with Gasteiger partial charge in [0.2, 0.25) is 0 Å². The van der Waals surface area contributed by atoms with Crippen molar-refractivity contribution in [3.8, 4) is 0 Å². The minimum atomic E-state index is -0.579. The lowest BCUT2D eigenvalue weighted by molar-refractivity contribution is -0.148. The van der Waals surface area contributed by atoms with E-state index >= 15 is 0 Å². The second kappa shape index (κ2) is 4.36. The summed E-state index contributed by atoms with van der Waals surface area (Å²) in [5.41, 5.74) is -0.437. The highest BCUT2D eigenvalue weighted by Gasteiger charge is 2.47. The van der Waals surface area contributed by atoms with Crippen LogP contribution in [0.3, 0.4) is 0 Å². The SMILES string of the molecule is CCCC1(C(=O)O)CCN(C2CC(C)C2)C1. The third-order valence-electron chi connectivity index (χ3n) is 4.43. The molecule has 1 heterocycles. The van der Waals surface area contributed by atoms with E-state index in [1.54, 1.807) is 0 Å². The Morgan fingerprint density at radius 1 is 1.50 bits per heavy atom. The van der Waals surface area contributed by atoms with Gasteiger partial charge in [-0.2, -0.15) is 0 Å². The third kappa shape index (κ3) is 1.97. The average molecular weight is 225 g/mol. The summed E-state index contributed by atoms with van der Waals surface area (Å²) in [7, 11) is 0. The predicted molar refractivity (Wildman–Crippen MR) is 63.4 cm³/mol. The van der Waals surface area contributed by atoms with Crippen LogP contribution in [0, 0.1) is 11.3 Å². The van der Waals surface area contributed by atoms with Crippen molar-refractivity contribution in [2.75, 3.05) is 13.1 Å². The Labute approximate surface area is 97.8 Å². The van der Waals surface area contributed by atoms with E-state index in [0.29, 0.717) is 6.04 Å². The van der Waals surface area contributed by atoms with Gasteiger partial charge in [-0.1, -0.05) is 20.3 Å². The molecule has 0 bridgehead atoms. The van der Waals surface area contributed by atoms with Crippen LogP contribution >= 0.6 is 0 Å². The molecular formula is C13H23NO2. The van der Waals surface area contributed by atoms with E-state index in [9.17, 15) is 9.90 Å². The van der Waals surface area contributed by atoms with Crippen LogP contribution in [-0.4, -0.2) is 35.1 Å². The van der Waals surface area contributed by atoms with Crippen molar-refractivity contribution in [2.24, 2.45) is 11.3 Å². The van der Waals surface area contributed by atoms with Crippen LogP contribution in [0.1, 0.15) is 46.0 Å². The zero-order chi connectivity index (χ0) is 11.8. The fraction of sp³-hybridized carbons (Fsp3) is 0.923. The molecule has 0 aromatic rings. The van der Waals surface area contributed by atoms with Crippen LogP contribution < -0.4 is 0 Å².